The lowest BCUT2D eigenvalue weighted by Crippen LogP contribution is -2.41. The van der Waals surface area contributed by atoms with Gasteiger partial charge in [0.05, 0.1) is 11.3 Å². The van der Waals surface area contributed by atoms with Crippen LogP contribution >= 0.6 is 44.3 Å². The maximum atomic E-state index is 11.3. The van der Waals surface area contributed by atoms with Crippen molar-refractivity contribution in [3.8, 4) is 0 Å². The third-order valence-electron chi connectivity index (χ3n) is 6.60. The Hall–Kier alpha value is -1.37. The molecule has 1 spiro atoms. The number of carboxylic acids is 1. The molecule has 2 aromatic carbocycles. The van der Waals surface area contributed by atoms with E-state index in [9.17, 15) is 9.90 Å². The molecule has 1 heterocycles. The van der Waals surface area contributed by atoms with Gasteiger partial charge in [0, 0.05) is 33.9 Å². The molecule has 2 aromatic rings. The number of anilines is 1. The number of nitrogens with zero attached hydrogens (tertiary/aromatic N) is 2. The Kier molecular flexibility index (Phi) is 8.22. The first kappa shape index (κ1) is 24.3. The minimum atomic E-state index is -0.980. The van der Waals surface area contributed by atoms with E-state index in [1.54, 1.807) is 12.1 Å². The number of piperidine rings is 1. The summed E-state index contributed by atoms with van der Waals surface area (Å²) in [6.07, 6.45) is 11.6. The van der Waals surface area contributed by atoms with Gasteiger partial charge in [-0.1, -0.05) is 31.4 Å². The van der Waals surface area contributed by atoms with Crippen LogP contribution in [0.5, 0.6) is 0 Å². The highest BCUT2D eigenvalue weighted by Gasteiger charge is 2.35. The van der Waals surface area contributed by atoms with Crippen LogP contribution in [0.2, 0.25) is 0 Å². The first-order chi connectivity index (χ1) is 14.5. The second-order valence-electron chi connectivity index (χ2n) is 8.49. The molecule has 1 saturated heterocycles. The number of aliphatic imine (C=N–C) groups is 1. The molecule has 2 fully saturated rings. The van der Waals surface area contributed by atoms with Crippen LogP contribution in [0.4, 0.5) is 11.4 Å². The predicted octanol–water partition coefficient (Wildman–Crippen LogP) is 7.63. The molecule has 4 rings (SSSR count). The number of hydrogen-bond acceptors (Lipinski definition) is 3. The predicted molar refractivity (Wildman–Crippen MR) is 137 cm³/mol. The summed E-state index contributed by atoms with van der Waals surface area (Å²) in [5, 5.41) is 9.25. The number of carboxylic acid groups (broad SMARTS) is 1. The van der Waals surface area contributed by atoms with Gasteiger partial charge in [-0.05, 0) is 92.8 Å². The van der Waals surface area contributed by atoms with Gasteiger partial charge in [-0.3, -0.25) is 4.99 Å². The van der Waals surface area contributed by atoms with Crippen molar-refractivity contribution >= 4 is 67.8 Å². The highest BCUT2D eigenvalue weighted by atomic mass is 79.9. The Morgan fingerprint density at radius 2 is 1.55 bits per heavy atom. The molecule has 1 N–H and O–H groups in total. The molecule has 0 atom stereocenters. The Labute approximate surface area is 206 Å². The van der Waals surface area contributed by atoms with Crippen molar-refractivity contribution in [3.63, 3.8) is 0 Å². The molecular formula is C24H27Br2ClN2O2. The largest absolute Gasteiger partial charge is 0.478 e. The molecule has 0 aromatic heterocycles. The van der Waals surface area contributed by atoms with Crippen LogP contribution in [0.3, 0.4) is 0 Å². The summed E-state index contributed by atoms with van der Waals surface area (Å²) >= 11 is 6.63. The van der Waals surface area contributed by atoms with Gasteiger partial charge in [-0.25, -0.2) is 4.79 Å². The summed E-state index contributed by atoms with van der Waals surface area (Å²) < 4.78 is 1.01. The average molecular weight is 571 g/mol. The average Bonchev–Trinajstić information content (AvgIpc) is 2.73. The Morgan fingerprint density at radius 1 is 0.968 bits per heavy atom. The molecule has 4 nitrogen and oxygen atoms in total. The van der Waals surface area contributed by atoms with Crippen molar-refractivity contribution < 1.29 is 9.90 Å². The fraction of sp³-hybridized carbons (Fsp3) is 0.417. The monoisotopic (exact) mass is 568 g/mol. The van der Waals surface area contributed by atoms with Gasteiger partial charge in [-0.2, -0.15) is 0 Å². The van der Waals surface area contributed by atoms with E-state index in [0.29, 0.717) is 20.0 Å². The summed E-state index contributed by atoms with van der Waals surface area (Å²) in [7, 11) is 0. The number of halogens is 3. The molecule has 1 saturated carbocycles. The van der Waals surface area contributed by atoms with Crippen LogP contribution in [0, 0.1) is 5.41 Å². The SMILES string of the molecule is Cl.O=C(O)c1c(Br)cc(N=Cc2ccc(N3CCC4(CCCCC4)CC3)cc2)cc1Br. The van der Waals surface area contributed by atoms with Gasteiger partial charge in [0.15, 0.2) is 0 Å². The molecular weight excluding hydrogens is 544 g/mol. The number of rotatable bonds is 4. The van der Waals surface area contributed by atoms with Crippen LogP contribution < -0.4 is 4.90 Å². The second kappa shape index (κ2) is 10.5. The minimum Gasteiger partial charge on any atom is -0.478 e. The number of benzene rings is 2. The summed E-state index contributed by atoms with van der Waals surface area (Å²) in [4.78, 5) is 18.3. The van der Waals surface area contributed by atoms with Crippen LogP contribution in [-0.4, -0.2) is 30.4 Å². The van der Waals surface area contributed by atoms with Crippen molar-refractivity contribution in [2.45, 2.75) is 44.9 Å². The summed E-state index contributed by atoms with van der Waals surface area (Å²) in [5.41, 5.74) is 3.83. The van der Waals surface area contributed by atoms with E-state index in [4.69, 9.17) is 0 Å². The topological polar surface area (TPSA) is 52.9 Å². The lowest BCUT2D eigenvalue weighted by atomic mass is 9.68. The van der Waals surface area contributed by atoms with Crippen molar-refractivity contribution in [2.24, 2.45) is 10.4 Å². The molecule has 2 aliphatic rings. The standard InChI is InChI=1S/C24H26Br2N2O2.ClH/c25-20-14-18(15-21(26)22(20)23(29)30)27-16-17-4-6-19(7-5-17)28-12-10-24(11-13-28)8-2-1-3-9-24;/h4-7,14-16H,1-3,8-13H2,(H,29,30);1H. The van der Waals surface area contributed by atoms with Gasteiger partial charge in [0.1, 0.15) is 0 Å². The molecule has 0 amide bonds. The Bertz CT molecular complexity index is 924. The van der Waals surface area contributed by atoms with Gasteiger partial charge in [0.2, 0.25) is 0 Å². The molecule has 7 heteroatoms. The maximum absolute atomic E-state index is 11.3. The molecule has 1 aliphatic carbocycles. The molecule has 0 radical (unpaired) electrons. The third-order valence-corrected chi connectivity index (χ3v) is 7.85. The van der Waals surface area contributed by atoms with E-state index in [0.717, 1.165) is 18.7 Å². The summed E-state index contributed by atoms with van der Waals surface area (Å²) in [6.45, 7) is 2.32. The van der Waals surface area contributed by atoms with E-state index >= 15 is 0 Å². The van der Waals surface area contributed by atoms with Crippen LogP contribution in [0.1, 0.15) is 60.9 Å². The van der Waals surface area contributed by atoms with Crippen LogP contribution in [0.15, 0.2) is 50.3 Å². The van der Waals surface area contributed by atoms with Gasteiger partial charge in [-0.15, -0.1) is 12.4 Å². The van der Waals surface area contributed by atoms with E-state index in [2.05, 4.69) is 66.0 Å². The first-order valence-corrected chi connectivity index (χ1v) is 12.2. The van der Waals surface area contributed by atoms with Crippen LogP contribution in [0.25, 0.3) is 0 Å². The third kappa shape index (κ3) is 5.71. The van der Waals surface area contributed by atoms with Crippen molar-refractivity contribution in [3.05, 3.63) is 56.5 Å². The molecule has 31 heavy (non-hydrogen) atoms. The van der Waals surface area contributed by atoms with Gasteiger partial charge >= 0.3 is 5.97 Å². The summed E-state index contributed by atoms with van der Waals surface area (Å²) in [5.74, 6) is -0.980. The van der Waals surface area contributed by atoms with Crippen molar-refractivity contribution in [2.75, 3.05) is 18.0 Å². The lowest BCUT2D eigenvalue weighted by molar-refractivity contribution is 0.0695. The number of hydrogen-bond donors (Lipinski definition) is 1. The van der Waals surface area contributed by atoms with E-state index in [1.165, 1.54) is 50.6 Å². The normalized spacial score (nSPS) is 18.2. The fourth-order valence-electron chi connectivity index (χ4n) is 4.80. The Balaban J connectivity index is 0.00000272. The zero-order valence-corrected chi connectivity index (χ0v) is 21.3. The smallest absolute Gasteiger partial charge is 0.338 e. The zero-order valence-electron chi connectivity index (χ0n) is 17.3. The molecule has 1 aliphatic heterocycles. The fourth-order valence-corrected chi connectivity index (χ4v) is 6.30. The molecule has 0 bridgehead atoms. The number of carbonyl (C=O) groups is 1. The van der Waals surface area contributed by atoms with Gasteiger partial charge < -0.3 is 10.0 Å². The van der Waals surface area contributed by atoms with Gasteiger partial charge in [0.25, 0.3) is 0 Å². The second-order valence-corrected chi connectivity index (χ2v) is 10.2. The minimum absolute atomic E-state index is 0. The summed E-state index contributed by atoms with van der Waals surface area (Å²) in [6, 6.07) is 12.0. The quantitative estimate of drug-likeness (QED) is 0.385. The first-order valence-electron chi connectivity index (χ1n) is 10.6. The van der Waals surface area contributed by atoms with E-state index in [-0.39, 0.29) is 18.0 Å². The highest BCUT2D eigenvalue weighted by molar-refractivity contribution is 9.11. The maximum Gasteiger partial charge on any atom is 0.338 e. The Morgan fingerprint density at radius 3 is 2.10 bits per heavy atom. The van der Waals surface area contributed by atoms with Crippen molar-refractivity contribution in [1.82, 2.24) is 0 Å². The molecule has 166 valence electrons. The lowest BCUT2D eigenvalue weighted by Gasteiger charge is -2.45. The zero-order chi connectivity index (χ0) is 21.1. The van der Waals surface area contributed by atoms with Crippen molar-refractivity contribution in [1.29, 1.82) is 0 Å². The molecule has 0 unspecified atom stereocenters. The van der Waals surface area contributed by atoms with Crippen LogP contribution in [-0.2, 0) is 0 Å². The number of aromatic carboxylic acids is 1. The van der Waals surface area contributed by atoms with E-state index in [1.807, 2.05) is 6.21 Å². The van der Waals surface area contributed by atoms with E-state index < -0.39 is 5.97 Å². The highest BCUT2D eigenvalue weighted by Crippen LogP contribution is 2.45.